The zero-order chi connectivity index (χ0) is 14.5. The van der Waals surface area contributed by atoms with Crippen molar-refractivity contribution in [1.82, 2.24) is 0 Å². The summed E-state index contributed by atoms with van der Waals surface area (Å²) in [7, 11) is -1.63. The summed E-state index contributed by atoms with van der Waals surface area (Å²) < 4.78 is 10.9. The minimum atomic E-state index is -1.63. The molecule has 0 aromatic heterocycles. The number of hydrogen-bond acceptors (Lipinski definition) is 3. The Morgan fingerprint density at radius 2 is 2.05 bits per heavy atom. The normalized spacial score (nSPS) is 16.9. The molecule has 0 aromatic carbocycles. The van der Waals surface area contributed by atoms with Gasteiger partial charge in [-0.2, -0.15) is 0 Å². The summed E-state index contributed by atoms with van der Waals surface area (Å²) in [6.45, 7) is 12.4. The van der Waals surface area contributed by atoms with Gasteiger partial charge in [-0.25, -0.2) is 4.79 Å². The molecule has 1 aliphatic heterocycles. The van der Waals surface area contributed by atoms with E-state index >= 15 is 0 Å². The first-order chi connectivity index (χ1) is 8.72. The fraction of sp³-hybridized carbons (Fsp3) is 0.667. The van der Waals surface area contributed by atoms with Crippen molar-refractivity contribution >= 4 is 14.3 Å². The van der Waals surface area contributed by atoms with Crippen LogP contribution in [-0.2, 0) is 14.0 Å². The second-order valence-corrected chi connectivity index (χ2v) is 11.3. The van der Waals surface area contributed by atoms with E-state index in [2.05, 4.69) is 46.0 Å². The summed E-state index contributed by atoms with van der Waals surface area (Å²) in [4.78, 5) is 10.9. The lowest BCUT2D eigenvalue weighted by atomic mass is 10.1. The smallest absolute Gasteiger partial charge is 0.331 e. The minimum Gasteiger partial charge on any atom is -0.458 e. The Morgan fingerprint density at radius 3 is 2.58 bits per heavy atom. The first-order valence-corrected chi connectivity index (χ1v) is 9.78. The number of cyclic esters (lactones) is 1. The van der Waals surface area contributed by atoms with Gasteiger partial charge in [0.05, 0.1) is 6.61 Å². The zero-order valence-corrected chi connectivity index (χ0v) is 13.8. The molecule has 0 N–H and O–H groups in total. The molecule has 1 rings (SSSR count). The molecule has 3 nitrogen and oxygen atoms in total. The van der Waals surface area contributed by atoms with Crippen LogP contribution >= 0.6 is 0 Å². The van der Waals surface area contributed by atoms with Gasteiger partial charge >= 0.3 is 5.97 Å². The molecule has 0 saturated heterocycles. The number of allylic oxidation sites excluding steroid dienone is 1. The minimum absolute atomic E-state index is 0.208. The molecule has 4 heteroatoms. The Labute approximate surface area is 117 Å². The Morgan fingerprint density at radius 1 is 1.37 bits per heavy atom. The molecule has 0 fully saturated rings. The van der Waals surface area contributed by atoms with Crippen LogP contribution in [0.5, 0.6) is 0 Å². The van der Waals surface area contributed by atoms with Crippen LogP contribution in [0.1, 0.15) is 33.6 Å². The van der Waals surface area contributed by atoms with Gasteiger partial charge < -0.3 is 9.16 Å². The monoisotopic (exact) mass is 282 g/mol. The van der Waals surface area contributed by atoms with E-state index < -0.39 is 8.32 Å². The van der Waals surface area contributed by atoms with Gasteiger partial charge in [0.25, 0.3) is 0 Å². The third kappa shape index (κ3) is 5.33. The highest BCUT2D eigenvalue weighted by Gasteiger charge is 2.36. The highest BCUT2D eigenvalue weighted by atomic mass is 28.4. The van der Waals surface area contributed by atoms with E-state index in [-0.39, 0.29) is 11.0 Å². The number of carbonyl (C=O) groups excluding carboxylic acids is 1. The molecule has 1 heterocycles. The molecule has 108 valence electrons. The summed E-state index contributed by atoms with van der Waals surface area (Å²) in [5.41, 5.74) is 1.08. The lowest BCUT2D eigenvalue weighted by Crippen LogP contribution is -2.40. The number of ether oxygens (including phenoxy) is 1. The highest BCUT2D eigenvalue weighted by Crippen LogP contribution is 2.36. The molecule has 0 aliphatic carbocycles. The van der Waals surface area contributed by atoms with Gasteiger partial charge in [0.2, 0.25) is 0 Å². The van der Waals surface area contributed by atoms with Crippen molar-refractivity contribution in [2.75, 3.05) is 13.2 Å². The second kappa shape index (κ2) is 6.53. The quantitative estimate of drug-likeness (QED) is 0.422. The maximum atomic E-state index is 10.9. The molecular weight excluding hydrogens is 256 g/mol. The fourth-order valence-corrected chi connectivity index (χ4v) is 2.43. The third-order valence-electron chi connectivity index (χ3n) is 3.87. The molecule has 0 radical (unpaired) electrons. The SMILES string of the molecule is CC(C)(C)[Si](C)(C)OC/C=C/CCC1=CC(=O)OC1. The first kappa shape index (κ1) is 16.2. The van der Waals surface area contributed by atoms with E-state index in [1.54, 1.807) is 6.08 Å². The van der Waals surface area contributed by atoms with Crippen molar-refractivity contribution in [3.8, 4) is 0 Å². The maximum Gasteiger partial charge on any atom is 0.331 e. The largest absolute Gasteiger partial charge is 0.458 e. The van der Waals surface area contributed by atoms with E-state index in [1.807, 2.05) is 0 Å². The van der Waals surface area contributed by atoms with E-state index in [0.29, 0.717) is 13.2 Å². The fourth-order valence-electron chi connectivity index (χ4n) is 1.49. The Balaban J connectivity index is 2.21. The number of carbonyl (C=O) groups is 1. The highest BCUT2D eigenvalue weighted by molar-refractivity contribution is 6.74. The van der Waals surface area contributed by atoms with Gasteiger partial charge in [0.15, 0.2) is 8.32 Å². The first-order valence-electron chi connectivity index (χ1n) is 6.87. The van der Waals surface area contributed by atoms with Gasteiger partial charge in [-0.15, -0.1) is 0 Å². The molecule has 0 aromatic rings. The van der Waals surface area contributed by atoms with Crippen molar-refractivity contribution in [3.05, 3.63) is 23.8 Å². The summed E-state index contributed by atoms with van der Waals surface area (Å²) >= 11 is 0. The van der Waals surface area contributed by atoms with Crippen LogP contribution in [0.25, 0.3) is 0 Å². The van der Waals surface area contributed by atoms with Crippen LogP contribution in [0, 0.1) is 0 Å². The maximum absolute atomic E-state index is 10.9. The lowest BCUT2D eigenvalue weighted by molar-refractivity contribution is -0.134. The van der Waals surface area contributed by atoms with Crippen molar-refractivity contribution in [2.24, 2.45) is 0 Å². The van der Waals surface area contributed by atoms with Crippen molar-refractivity contribution < 1.29 is 14.0 Å². The van der Waals surface area contributed by atoms with Gasteiger partial charge in [0, 0.05) is 6.08 Å². The molecule has 1 aliphatic rings. The van der Waals surface area contributed by atoms with Crippen molar-refractivity contribution in [1.29, 1.82) is 0 Å². The summed E-state index contributed by atoms with van der Waals surface area (Å²) in [5, 5.41) is 0.257. The standard InChI is InChI=1S/C15H26O3Si/c1-15(2,3)19(4,5)18-10-8-6-7-9-13-11-14(16)17-12-13/h6,8,11H,7,9-10,12H2,1-5H3/b8-6+. The van der Waals surface area contributed by atoms with Gasteiger partial charge in [-0.3, -0.25) is 0 Å². The molecular formula is C15H26O3Si. The lowest BCUT2D eigenvalue weighted by Gasteiger charge is -2.35. The van der Waals surface area contributed by atoms with E-state index in [9.17, 15) is 4.79 Å². The molecule has 19 heavy (non-hydrogen) atoms. The molecule has 0 saturated carbocycles. The predicted octanol–water partition coefficient (Wildman–Crippen LogP) is 3.83. The van der Waals surface area contributed by atoms with Crippen LogP contribution < -0.4 is 0 Å². The van der Waals surface area contributed by atoms with Crippen LogP contribution in [-0.4, -0.2) is 27.5 Å². The average molecular weight is 282 g/mol. The zero-order valence-electron chi connectivity index (χ0n) is 12.8. The van der Waals surface area contributed by atoms with Crippen molar-refractivity contribution in [2.45, 2.75) is 51.7 Å². The van der Waals surface area contributed by atoms with Gasteiger partial charge in [-0.05, 0) is 36.5 Å². The Kier molecular flexibility index (Phi) is 5.56. The number of hydrogen-bond donors (Lipinski definition) is 0. The van der Waals surface area contributed by atoms with Gasteiger partial charge in [0.1, 0.15) is 6.61 Å². The number of esters is 1. The molecule has 0 spiro atoms. The predicted molar refractivity (Wildman–Crippen MR) is 80.6 cm³/mol. The van der Waals surface area contributed by atoms with E-state index in [4.69, 9.17) is 9.16 Å². The van der Waals surface area contributed by atoms with E-state index in [1.165, 1.54) is 0 Å². The van der Waals surface area contributed by atoms with Crippen LogP contribution in [0.3, 0.4) is 0 Å². The molecule has 0 unspecified atom stereocenters. The number of rotatable bonds is 6. The summed E-state index contributed by atoms with van der Waals surface area (Å²) in [6, 6.07) is 0. The van der Waals surface area contributed by atoms with Crippen LogP contribution in [0.15, 0.2) is 23.8 Å². The molecule has 0 atom stereocenters. The summed E-state index contributed by atoms with van der Waals surface area (Å²) in [5.74, 6) is -0.208. The Bertz CT molecular complexity index is 375. The van der Waals surface area contributed by atoms with E-state index in [0.717, 1.165) is 18.4 Å². The average Bonchev–Trinajstić information content (AvgIpc) is 2.67. The topological polar surface area (TPSA) is 35.5 Å². The van der Waals surface area contributed by atoms with Crippen LogP contribution in [0.2, 0.25) is 18.1 Å². The van der Waals surface area contributed by atoms with Gasteiger partial charge in [-0.1, -0.05) is 32.9 Å². The third-order valence-corrected chi connectivity index (χ3v) is 8.37. The van der Waals surface area contributed by atoms with Crippen molar-refractivity contribution in [3.63, 3.8) is 0 Å². The Hall–Kier alpha value is -0.873. The second-order valence-electron chi connectivity index (χ2n) is 6.49. The summed E-state index contributed by atoms with van der Waals surface area (Å²) in [6.07, 6.45) is 7.63. The molecule has 0 amide bonds. The molecule has 0 bridgehead atoms. The van der Waals surface area contributed by atoms with Crippen LogP contribution in [0.4, 0.5) is 0 Å².